The predicted octanol–water partition coefficient (Wildman–Crippen LogP) is 1.73. The lowest BCUT2D eigenvalue weighted by molar-refractivity contribution is 0.185. The van der Waals surface area contributed by atoms with E-state index in [-0.39, 0.29) is 0 Å². The van der Waals surface area contributed by atoms with Crippen LogP contribution < -0.4 is 0 Å². The fourth-order valence-electron chi connectivity index (χ4n) is 2.62. The lowest BCUT2D eigenvalue weighted by Crippen LogP contribution is -2.48. The Bertz CT molecular complexity index is 454. The van der Waals surface area contributed by atoms with E-state index in [1.54, 1.807) is 0 Å². The van der Waals surface area contributed by atoms with Crippen molar-refractivity contribution in [2.75, 3.05) is 39.3 Å². The van der Waals surface area contributed by atoms with Gasteiger partial charge in [-0.1, -0.05) is 24.8 Å². The number of nitrogens with zero attached hydrogens (tertiary/aromatic N) is 4. The summed E-state index contributed by atoms with van der Waals surface area (Å²) in [5, 5.41) is 1.93. The molecule has 0 aliphatic carbocycles. The van der Waals surface area contributed by atoms with Crippen molar-refractivity contribution in [3.63, 3.8) is 0 Å². The normalized spacial score (nSPS) is 23.9. The van der Waals surface area contributed by atoms with E-state index in [1.807, 2.05) is 24.0 Å². The summed E-state index contributed by atoms with van der Waals surface area (Å²) in [7, 11) is 0. The van der Waals surface area contributed by atoms with Crippen molar-refractivity contribution in [1.29, 1.82) is 0 Å². The van der Waals surface area contributed by atoms with Crippen LogP contribution >= 0.6 is 11.8 Å². The minimum Gasteiger partial charge on any atom is -0.349 e. The third-order valence-corrected chi connectivity index (χ3v) is 4.99. The topological polar surface area (TPSA) is 31.7 Å². The van der Waals surface area contributed by atoms with Crippen molar-refractivity contribution in [1.82, 2.24) is 14.8 Å². The molecule has 1 saturated heterocycles. The maximum Gasteiger partial charge on any atom is 0.159 e. The first-order chi connectivity index (χ1) is 9.81. The number of piperazine rings is 1. The molecule has 0 radical (unpaired) electrons. The average Bonchev–Trinajstić information content (AvgIpc) is 2.93. The van der Waals surface area contributed by atoms with E-state index in [0.29, 0.717) is 5.25 Å². The predicted molar refractivity (Wildman–Crippen MR) is 85.3 cm³/mol. The molecule has 108 valence electrons. The van der Waals surface area contributed by atoms with Gasteiger partial charge in [0.2, 0.25) is 0 Å². The zero-order valence-corrected chi connectivity index (χ0v) is 12.9. The van der Waals surface area contributed by atoms with Gasteiger partial charge in [-0.25, -0.2) is 0 Å². The Morgan fingerprint density at radius 2 is 2.10 bits per heavy atom. The van der Waals surface area contributed by atoms with Gasteiger partial charge in [0, 0.05) is 56.3 Å². The Balaban J connectivity index is 1.42. The number of hydrogen-bond acceptors (Lipinski definition) is 5. The van der Waals surface area contributed by atoms with Gasteiger partial charge in [-0.15, -0.1) is 0 Å². The number of aromatic nitrogens is 1. The molecule has 1 fully saturated rings. The number of amidine groups is 1. The second-order valence-electron chi connectivity index (χ2n) is 5.45. The Labute approximate surface area is 125 Å². The third-order valence-electron chi connectivity index (χ3n) is 3.84. The van der Waals surface area contributed by atoms with E-state index in [0.717, 1.165) is 45.7 Å². The summed E-state index contributed by atoms with van der Waals surface area (Å²) in [6.07, 6.45) is 2.93. The largest absolute Gasteiger partial charge is 0.349 e. The highest BCUT2D eigenvalue weighted by atomic mass is 32.2. The summed E-state index contributed by atoms with van der Waals surface area (Å²) >= 11 is 1.93. The van der Waals surface area contributed by atoms with Crippen molar-refractivity contribution in [2.24, 2.45) is 4.99 Å². The van der Waals surface area contributed by atoms with Crippen molar-refractivity contribution >= 4 is 16.9 Å². The Kier molecular flexibility index (Phi) is 4.58. The summed E-state index contributed by atoms with van der Waals surface area (Å²) in [4.78, 5) is 14.0. The first-order valence-electron chi connectivity index (χ1n) is 7.39. The number of rotatable bonds is 3. The molecule has 0 N–H and O–H groups in total. The van der Waals surface area contributed by atoms with Crippen molar-refractivity contribution in [2.45, 2.75) is 18.6 Å². The molecule has 3 rings (SSSR count). The fourth-order valence-corrected chi connectivity index (χ4v) is 3.61. The van der Waals surface area contributed by atoms with E-state index < -0.39 is 0 Å². The standard InChI is InChI=1S/C15H22N4S/c1-13-12-17-15(20-13)19-10-8-18(9-11-19)7-5-14-4-2-3-6-16-14/h2-4,6,13H,5,7-12H2,1H3/t13-/m0/s1. The van der Waals surface area contributed by atoms with Crippen LogP contribution in [0.5, 0.6) is 0 Å². The highest BCUT2D eigenvalue weighted by molar-refractivity contribution is 8.14. The molecule has 20 heavy (non-hydrogen) atoms. The van der Waals surface area contributed by atoms with E-state index >= 15 is 0 Å². The van der Waals surface area contributed by atoms with E-state index in [1.165, 1.54) is 10.9 Å². The lowest BCUT2D eigenvalue weighted by Gasteiger charge is -2.35. The van der Waals surface area contributed by atoms with Crippen LogP contribution in [0.3, 0.4) is 0 Å². The molecule has 0 spiro atoms. The van der Waals surface area contributed by atoms with Crippen LogP contribution in [0.25, 0.3) is 0 Å². The van der Waals surface area contributed by atoms with E-state index in [4.69, 9.17) is 0 Å². The maximum atomic E-state index is 4.64. The molecule has 0 saturated carbocycles. The number of pyridine rings is 1. The molecule has 4 nitrogen and oxygen atoms in total. The quantitative estimate of drug-likeness (QED) is 0.848. The molecule has 0 aromatic carbocycles. The van der Waals surface area contributed by atoms with Crippen LogP contribution in [0.4, 0.5) is 0 Å². The average molecular weight is 290 g/mol. The zero-order valence-electron chi connectivity index (χ0n) is 12.0. The highest BCUT2D eigenvalue weighted by Crippen LogP contribution is 2.23. The monoisotopic (exact) mass is 290 g/mol. The van der Waals surface area contributed by atoms with Gasteiger partial charge in [0.1, 0.15) is 0 Å². The van der Waals surface area contributed by atoms with Crippen LogP contribution in [-0.4, -0.2) is 64.5 Å². The minimum atomic E-state index is 0.659. The molecule has 0 amide bonds. The zero-order chi connectivity index (χ0) is 13.8. The Hall–Kier alpha value is -1.07. The van der Waals surface area contributed by atoms with Crippen molar-refractivity contribution in [3.05, 3.63) is 30.1 Å². The molecule has 3 heterocycles. The van der Waals surface area contributed by atoms with Crippen molar-refractivity contribution in [3.8, 4) is 0 Å². The second-order valence-corrected chi connectivity index (χ2v) is 6.86. The Morgan fingerprint density at radius 1 is 1.25 bits per heavy atom. The summed E-state index contributed by atoms with van der Waals surface area (Å²) in [6, 6.07) is 6.15. The van der Waals surface area contributed by atoms with Gasteiger partial charge in [-0.3, -0.25) is 14.9 Å². The lowest BCUT2D eigenvalue weighted by atomic mass is 10.2. The first kappa shape index (κ1) is 13.9. The third kappa shape index (κ3) is 3.52. The van der Waals surface area contributed by atoms with Gasteiger partial charge in [0.05, 0.1) is 6.54 Å². The van der Waals surface area contributed by atoms with Gasteiger partial charge >= 0.3 is 0 Å². The molecule has 5 heteroatoms. The maximum absolute atomic E-state index is 4.64. The van der Waals surface area contributed by atoms with Crippen LogP contribution in [0.15, 0.2) is 29.4 Å². The van der Waals surface area contributed by atoms with E-state index in [2.05, 4.69) is 38.8 Å². The molecular weight excluding hydrogens is 268 g/mol. The second kappa shape index (κ2) is 6.59. The molecular formula is C15H22N4S. The molecule has 2 aliphatic rings. The molecule has 1 aromatic rings. The van der Waals surface area contributed by atoms with E-state index in [9.17, 15) is 0 Å². The Morgan fingerprint density at radius 3 is 2.75 bits per heavy atom. The van der Waals surface area contributed by atoms with Gasteiger partial charge in [-0.05, 0) is 12.1 Å². The minimum absolute atomic E-state index is 0.659. The fraction of sp³-hybridized carbons (Fsp3) is 0.600. The van der Waals surface area contributed by atoms with Gasteiger partial charge < -0.3 is 4.90 Å². The van der Waals surface area contributed by atoms with Crippen LogP contribution in [0.2, 0.25) is 0 Å². The summed E-state index contributed by atoms with van der Waals surface area (Å²) in [5.74, 6) is 0. The van der Waals surface area contributed by atoms with Crippen LogP contribution in [0, 0.1) is 0 Å². The molecule has 2 aliphatic heterocycles. The first-order valence-corrected chi connectivity index (χ1v) is 8.27. The number of aliphatic imine (C=N–C) groups is 1. The van der Waals surface area contributed by atoms with Gasteiger partial charge in [0.15, 0.2) is 5.17 Å². The summed E-state index contributed by atoms with van der Waals surface area (Å²) in [6.45, 7) is 8.86. The van der Waals surface area contributed by atoms with Gasteiger partial charge in [0.25, 0.3) is 0 Å². The smallest absolute Gasteiger partial charge is 0.159 e. The summed E-state index contributed by atoms with van der Waals surface area (Å²) < 4.78 is 0. The SMILES string of the molecule is C[C@H]1CN=C(N2CCN(CCc3ccccn3)CC2)S1. The van der Waals surface area contributed by atoms with Gasteiger partial charge in [-0.2, -0.15) is 0 Å². The highest BCUT2D eigenvalue weighted by Gasteiger charge is 2.24. The number of thioether (sulfide) groups is 1. The van der Waals surface area contributed by atoms with Crippen molar-refractivity contribution < 1.29 is 0 Å². The molecule has 0 bridgehead atoms. The molecule has 1 aromatic heterocycles. The van der Waals surface area contributed by atoms with Crippen LogP contribution in [-0.2, 0) is 6.42 Å². The molecule has 0 unspecified atom stereocenters. The number of hydrogen-bond donors (Lipinski definition) is 0. The summed E-state index contributed by atoms with van der Waals surface area (Å²) in [5.41, 5.74) is 1.19. The van der Waals surface area contributed by atoms with Crippen LogP contribution in [0.1, 0.15) is 12.6 Å². The molecule has 1 atom stereocenters.